The normalized spacial score (nSPS) is 11.7. The number of phosphoric acid groups is 1. The number of carbonyl (C=O) groups is 2. The number of pyridine rings is 1. The van der Waals surface area contributed by atoms with Crippen LogP contribution in [0.5, 0.6) is 5.75 Å². The summed E-state index contributed by atoms with van der Waals surface area (Å²) in [5.41, 5.74) is -0.687. The Bertz CT molecular complexity index is 1020. The molecule has 2 rings (SSSR count). The lowest BCUT2D eigenvalue weighted by Gasteiger charge is -2.12. The van der Waals surface area contributed by atoms with Crippen LogP contribution in [-0.4, -0.2) is 37.2 Å². The Labute approximate surface area is 162 Å². The zero-order valence-corrected chi connectivity index (χ0v) is 15.8. The zero-order chi connectivity index (χ0) is 21.1. The summed E-state index contributed by atoms with van der Waals surface area (Å²) in [6.45, 7) is 0.573. The summed E-state index contributed by atoms with van der Waals surface area (Å²) in [4.78, 5) is 44.1. The van der Waals surface area contributed by atoms with E-state index in [0.717, 1.165) is 6.07 Å². The fourth-order valence-electron chi connectivity index (χ4n) is 2.06. The Morgan fingerprint density at radius 3 is 2.61 bits per heavy atom. The second-order valence-corrected chi connectivity index (χ2v) is 6.96. The summed E-state index contributed by atoms with van der Waals surface area (Å²) in [6.07, 6.45) is 0.249. The smallest absolute Gasteiger partial charge is 0.469 e. The van der Waals surface area contributed by atoms with Crippen LogP contribution in [0.4, 0.5) is 11.5 Å². The van der Waals surface area contributed by atoms with Crippen LogP contribution in [0.3, 0.4) is 0 Å². The van der Waals surface area contributed by atoms with E-state index < -0.39 is 26.1 Å². The number of carboxylic acid groups (broad SMARTS) is 1. The number of aryl methyl sites for hydroxylation is 1. The first-order valence-electron chi connectivity index (χ1n) is 7.35. The molecule has 4 N–H and O–H groups in total. The maximum Gasteiger partial charge on any atom is 0.469 e. The molecule has 1 aromatic carbocycles. The first-order chi connectivity index (χ1) is 13.0. The lowest BCUT2D eigenvalue weighted by Crippen LogP contribution is -2.01. The van der Waals surface area contributed by atoms with Gasteiger partial charge in [-0.25, -0.2) is 14.3 Å². The van der Waals surface area contributed by atoms with Gasteiger partial charge in [-0.2, -0.15) is 0 Å². The van der Waals surface area contributed by atoms with Crippen LogP contribution in [0.15, 0.2) is 28.4 Å². The van der Waals surface area contributed by atoms with Crippen molar-refractivity contribution in [2.45, 2.75) is 13.5 Å². The van der Waals surface area contributed by atoms with E-state index in [0.29, 0.717) is 0 Å². The van der Waals surface area contributed by atoms with E-state index >= 15 is 0 Å². The maximum absolute atomic E-state index is 11.3. The highest BCUT2D eigenvalue weighted by atomic mass is 35.5. The number of aldehydes is 1. The molecule has 0 bridgehead atoms. The molecule has 0 unspecified atom stereocenters. The van der Waals surface area contributed by atoms with E-state index in [2.05, 4.69) is 19.7 Å². The Hall–Kier alpha value is -2.69. The number of carboxylic acids is 1. The van der Waals surface area contributed by atoms with E-state index in [9.17, 15) is 19.3 Å². The minimum atomic E-state index is -4.89. The highest BCUT2D eigenvalue weighted by Gasteiger charge is 2.22. The zero-order valence-electron chi connectivity index (χ0n) is 14.1. The van der Waals surface area contributed by atoms with Crippen LogP contribution in [0, 0.1) is 6.92 Å². The highest BCUT2D eigenvalue weighted by molar-refractivity contribution is 7.46. The van der Waals surface area contributed by atoms with Crippen molar-refractivity contribution in [3.05, 3.63) is 45.6 Å². The summed E-state index contributed by atoms with van der Waals surface area (Å²) in [5, 5.41) is 26.6. The number of aromatic carboxylic acids is 1. The molecule has 1 aromatic heterocycles. The van der Waals surface area contributed by atoms with Crippen LogP contribution >= 0.6 is 19.4 Å². The number of aromatic hydroxyl groups is 1. The maximum atomic E-state index is 11.3. The topological polar surface area (TPSA) is 179 Å². The van der Waals surface area contributed by atoms with E-state index in [4.69, 9.17) is 26.5 Å². The summed E-state index contributed by atoms with van der Waals surface area (Å²) in [6, 6.07) is 3.70. The van der Waals surface area contributed by atoms with Gasteiger partial charge in [-0.05, 0) is 25.1 Å². The van der Waals surface area contributed by atoms with Crippen molar-refractivity contribution in [1.29, 1.82) is 0 Å². The van der Waals surface area contributed by atoms with Crippen molar-refractivity contribution in [3.63, 3.8) is 0 Å². The van der Waals surface area contributed by atoms with Gasteiger partial charge in [-0.1, -0.05) is 11.6 Å². The average Bonchev–Trinajstić information content (AvgIpc) is 2.61. The molecule has 0 fully saturated rings. The summed E-state index contributed by atoms with van der Waals surface area (Å²) in [7, 11) is -4.89. The molecule has 0 spiro atoms. The lowest BCUT2D eigenvalue weighted by molar-refractivity contribution is 0.0696. The number of rotatable bonds is 7. The van der Waals surface area contributed by atoms with Gasteiger partial charge in [0.2, 0.25) is 0 Å². The van der Waals surface area contributed by atoms with Crippen molar-refractivity contribution < 1.29 is 38.7 Å². The number of phosphoric ester groups is 1. The molecule has 13 heteroatoms. The molecule has 0 aliphatic carbocycles. The molecule has 28 heavy (non-hydrogen) atoms. The van der Waals surface area contributed by atoms with E-state index in [1.165, 1.54) is 19.1 Å². The van der Waals surface area contributed by atoms with Gasteiger partial charge < -0.3 is 20.0 Å². The molecule has 0 radical (unpaired) electrons. The highest BCUT2D eigenvalue weighted by Crippen LogP contribution is 2.40. The third-order valence-corrected chi connectivity index (χ3v) is 4.19. The van der Waals surface area contributed by atoms with Gasteiger partial charge in [0.25, 0.3) is 0 Å². The number of hydrogen-bond acceptors (Lipinski definition) is 8. The minimum absolute atomic E-state index is 0.00126. The Morgan fingerprint density at radius 1 is 1.36 bits per heavy atom. The molecule has 0 saturated carbocycles. The quantitative estimate of drug-likeness (QED) is 0.292. The molecule has 2 aromatic rings. The van der Waals surface area contributed by atoms with Crippen LogP contribution < -0.4 is 0 Å². The number of halogens is 1. The van der Waals surface area contributed by atoms with Crippen LogP contribution in [-0.2, 0) is 15.7 Å². The average molecular weight is 430 g/mol. The third kappa shape index (κ3) is 5.18. The molecule has 0 aliphatic heterocycles. The van der Waals surface area contributed by atoms with Gasteiger partial charge in [0.1, 0.15) is 11.4 Å². The lowest BCUT2D eigenvalue weighted by atomic mass is 10.1. The van der Waals surface area contributed by atoms with E-state index in [1.807, 2.05) is 0 Å². The predicted octanol–water partition coefficient (Wildman–Crippen LogP) is 3.28. The third-order valence-electron chi connectivity index (χ3n) is 3.41. The van der Waals surface area contributed by atoms with Gasteiger partial charge in [0, 0.05) is 5.56 Å². The molecule has 11 nitrogen and oxygen atoms in total. The van der Waals surface area contributed by atoms with Crippen molar-refractivity contribution in [3.8, 4) is 5.75 Å². The largest absolute Gasteiger partial charge is 0.505 e. The Morgan fingerprint density at radius 2 is 2.04 bits per heavy atom. The molecule has 0 amide bonds. The molecule has 1 heterocycles. The summed E-state index contributed by atoms with van der Waals surface area (Å²) < 4.78 is 15.3. The molecule has 0 atom stereocenters. The summed E-state index contributed by atoms with van der Waals surface area (Å²) >= 11 is 5.95. The van der Waals surface area contributed by atoms with E-state index in [1.54, 1.807) is 0 Å². The molecular weight excluding hydrogens is 417 g/mol. The second kappa shape index (κ2) is 8.55. The SMILES string of the molecule is Cc1nc(N=Nc2cc(C(=O)O)ccc2Cl)c(COP(=O)(O)O)c(C=O)c1O. The van der Waals surface area contributed by atoms with Gasteiger partial charge in [0.05, 0.1) is 28.5 Å². The minimum Gasteiger partial charge on any atom is -0.505 e. The predicted molar refractivity (Wildman–Crippen MR) is 95.4 cm³/mol. The van der Waals surface area contributed by atoms with Crippen LogP contribution in [0.25, 0.3) is 0 Å². The van der Waals surface area contributed by atoms with Crippen LogP contribution in [0.1, 0.15) is 32.0 Å². The fraction of sp³-hybridized carbons (Fsp3) is 0.133. The van der Waals surface area contributed by atoms with Gasteiger partial charge in [-0.3, -0.25) is 9.32 Å². The van der Waals surface area contributed by atoms with Crippen LogP contribution in [0.2, 0.25) is 5.02 Å². The molecular formula is C15H13ClN3O8P. The summed E-state index contributed by atoms with van der Waals surface area (Å²) in [5.74, 6) is -2.00. The fourth-order valence-corrected chi connectivity index (χ4v) is 2.51. The van der Waals surface area contributed by atoms with Gasteiger partial charge in [0.15, 0.2) is 12.1 Å². The van der Waals surface area contributed by atoms with Gasteiger partial charge >= 0.3 is 13.8 Å². The standard InChI is InChI=1S/C15H13ClN3O8P/c1-7-13(21)9(5-20)10(6-27-28(24,25)26)14(17-7)19-18-12-4-8(15(22)23)2-3-11(12)16/h2-5,21H,6H2,1H3,(H,22,23)(H2,24,25,26). The Balaban J connectivity index is 2.55. The number of carbonyl (C=O) groups excluding carboxylic acids is 1. The number of hydrogen-bond donors (Lipinski definition) is 4. The van der Waals surface area contributed by atoms with Crippen molar-refractivity contribution in [2.24, 2.45) is 10.2 Å². The first-order valence-corrected chi connectivity index (χ1v) is 9.26. The van der Waals surface area contributed by atoms with E-state index in [-0.39, 0.29) is 45.2 Å². The number of nitrogens with zero attached hydrogens (tertiary/aromatic N) is 3. The number of benzene rings is 1. The van der Waals surface area contributed by atoms with Gasteiger partial charge in [-0.15, -0.1) is 10.2 Å². The molecule has 148 valence electrons. The molecule has 0 saturated heterocycles. The monoisotopic (exact) mass is 429 g/mol. The molecule has 0 aliphatic rings. The number of azo groups is 1. The Kier molecular flexibility index (Phi) is 6.60. The van der Waals surface area contributed by atoms with Crippen molar-refractivity contribution in [1.82, 2.24) is 4.98 Å². The first kappa shape index (κ1) is 21.6. The second-order valence-electron chi connectivity index (χ2n) is 5.31. The van der Waals surface area contributed by atoms with Crippen molar-refractivity contribution in [2.75, 3.05) is 0 Å². The van der Waals surface area contributed by atoms with Crippen molar-refractivity contribution >= 4 is 43.2 Å². The number of aromatic nitrogens is 1.